The largest absolute Gasteiger partial charge is 0.395 e. The molecule has 0 saturated carbocycles. The summed E-state index contributed by atoms with van der Waals surface area (Å²) in [5, 5.41) is 6.73. The van der Waals surface area contributed by atoms with Crippen LogP contribution >= 0.6 is 0 Å². The summed E-state index contributed by atoms with van der Waals surface area (Å²) in [5.74, 6) is -0.944. The van der Waals surface area contributed by atoms with Gasteiger partial charge in [0.1, 0.15) is 11.5 Å². The molecule has 3 N–H and O–H groups in total. The Morgan fingerprint density at radius 1 is 1.50 bits per heavy atom. The van der Waals surface area contributed by atoms with E-state index in [1.807, 2.05) is 6.92 Å². The zero-order valence-electron chi connectivity index (χ0n) is 11.7. The third-order valence-corrected chi connectivity index (χ3v) is 3.17. The number of aromatic nitrogens is 2. The average molecular weight is 276 g/mol. The Labute approximate surface area is 116 Å². The Morgan fingerprint density at radius 3 is 2.75 bits per heavy atom. The van der Waals surface area contributed by atoms with Crippen LogP contribution in [0.1, 0.15) is 28.7 Å². The maximum atomic E-state index is 13.7. The van der Waals surface area contributed by atoms with Gasteiger partial charge in [-0.1, -0.05) is 19.1 Å². The van der Waals surface area contributed by atoms with Crippen molar-refractivity contribution >= 4 is 17.3 Å². The van der Waals surface area contributed by atoms with Gasteiger partial charge >= 0.3 is 0 Å². The highest BCUT2D eigenvalue weighted by Gasteiger charge is 2.20. The molecule has 5 nitrogen and oxygen atoms in total. The van der Waals surface area contributed by atoms with Gasteiger partial charge in [0.2, 0.25) is 0 Å². The number of nitrogens with two attached hydrogens (primary N) is 1. The summed E-state index contributed by atoms with van der Waals surface area (Å²) in [5.41, 5.74) is 7.95. The molecule has 6 heteroatoms. The minimum Gasteiger partial charge on any atom is -0.395 e. The second kappa shape index (κ2) is 5.32. The topological polar surface area (TPSA) is 72.9 Å². The first kappa shape index (κ1) is 14.0. The van der Waals surface area contributed by atoms with E-state index in [0.717, 1.165) is 0 Å². The summed E-state index contributed by atoms with van der Waals surface area (Å²) in [6.07, 6.45) is 0.631. The van der Waals surface area contributed by atoms with Gasteiger partial charge in [0, 0.05) is 7.05 Å². The van der Waals surface area contributed by atoms with Crippen molar-refractivity contribution < 1.29 is 9.18 Å². The van der Waals surface area contributed by atoms with E-state index in [9.17, 15) is 9.18 Å². The lowest BCUT2D eigenvalue weighted by atomic mass is 10.2. The van der Waals surface area contributed by atoms with Gasteiger partial charge in [-0.15, -0.1) is 0 Å². The molecule has 1 amide bonds. The van der Waals surface area contributed by atoms with Crippen molar-refractivity contribution in [2.75, 3.05) is 11.1 Å². The number of nitrogens with one attached hydrogen (secondary N) is 1. The van der Waals surface area contributed by atoms with Crippen LogP contribution < -0.4 is 11.1 Å². The maximum absolute atomic E-state index is 13.7. The number of para-hydroxylation sites is 1. The smallest absolute Gasteiger partial charge is 0.276 e. The maximum Gasteiger partial charge on any atom is 0.276 e. The number of hydrogen-bond acceptors (Lipinski definition) is 3. The highest BCUT2D eigenvalue weighted by molar-refractivity contribution is 6.07. The van der Waals surface area contributed by atoms with E-state index >= 15 is 0 Å². The second-order valence-electron chi connectivity index (χ2n) is 4.57. The lowest BCUT2D eigenvalue weighted by molar-refractivity contribution is 0.101. The van der Waals surface area contributed by atoms with E-state index in [1.165, 1.54) is 10.7 Å². The van der Waals surface area contributed by atoms with Crippen LogP contribution in [0.2, 0.25) is 0 Å². The Kier molecular flexibility index (Phi) is 3.74. The summed E-state index contributed by atoms with van der Waals surface area (Å²) >= 11 is 0. The van der Waals surface area contributed by atoms with Crippen LogP contribution in [0.25, 0.3) is 0 Å². The van der Waals surface area contributed by atoms with Crippen molar-refractivity contribution in [1.29, 1.82) is 0 Å². The van der Waals surface area contributed by atoms with Crippen LogP contribution in [0.15, 0.2) is 18.2 Å². The predicted molar refractivity (Wildman–Crippen MR) is 76.1 cm³/mol. The Bertz CT molecular complexity index is 643. The monoisotopic (exact) mass is 276 g/mol. The zero-order valence-corrected chi connectivity index (χ0v) is 11.7. The Morgan fingerprint density at radius 2 is 2.20 bits per heavy atom. The fourth-order valence-corrected chi connectivity index (χ4v) is 2.09. The number of nitrogens with zero attached hydrogens (tertiary/aromatic N) is 2. The molecule has 0 aliphatic rings. The number of carbonyl (C=O) groups excluding carboxylic acids is 1. The molecule has 0 fully saturated rings. The summed E-state index contributed by atoms with van der Waals surface area (Å²) < 4.78 is 15.1. The molecule has 2 aromatic rings. The van der Waals surface area contributed by atoms with Gasteiger partial charge in [-0.2, -0.15) is 5.10 Å². The van der Waals surface area contributed by atoms with Gasteiger partial charge in [-0.25, -0.2) is 4.39 Å². The number of halogens is 1. The molecule has 0 spiro atoms. The highest BCUT2D eigenvalue weighted by atomic mass is 19.1. The van der Waals surface area contributed by atoms with E-state index < -0.39 is 11.7 Å². The number of aryl methyl sites for hydroxylation is 3. The number of hydrogen-bond donors (Lipinski definition) is 2. The van der Waals surface area contributed by atoms with Crippen LogP contribution in [0.3, 0.4) is 0 Å². The van der Waals surface area contributed by atoms with Gasteiger partial charge in [-0.3, -0.25) is 9.48 Å². The zero-order chi connectivity index (χ0) is 14.9. The summed E-state index contributed by atoms with van der Waals surface area (Å²) in [6.45, 7) is 3.63. The first-order valence-electron chi connectivity index (χ1n) is 6.33. The number of amides is 1. The Balaban J connectivity index is 2.36. The van der Waals surface area contributed by atoms with Gasteiger partial charge in [0.25, 0.3) is 5.91 Å². The average Bonchev–Trinajstić information content (AvgIpc) is 2.68. The molecule has 1 heterocycles. The normalized spacial score (nSPS) is 10.6. The second-order valence-corrected chi connectivity index (χ2v) is 4.57. The number of anilines is 2. The molecule has 1 aromatic carbocycles. The molecule has 0 aliphatic heterocycles. The van der Waals surface area contributed by atoms with Crippen LogP contribution in [0, 0.1) is 12.7 Å². The molecule has 2 rings (SSSR count). The lowest BCUT2D eigenvalue weighted by Crippen LogP contribution is -2.19. The standard InChI is InChI=1S/C14H17FN4O/c1-4-10-11(16)13(19(3)18-10)14(20)17-12-8(2)6-5-7-9(12)15/h5-7H,4,16H2,1-3H3,(H,17,20). The predicted octanol–water partition coefficient (Wildman–Crippen LogP) is 2.26. The molecular weight excluding hydrogens is 259 g/mol. The number of benzene rings is 1. The van der Waals surface area contributed by atoms with Crippen molar-refractivity contribution in [3.63, 3.8) is 0 Å². The summed E-state index contributed by atoms with van der Waals surface area (Å²) in [4.78, 5) is 12.3. The quantitative estimate of drug-likeness (QED) is 0.903. The minimum atomic E-state index is -0.477. The molecule has 0 atom stereocenters. The minimum absolute atomic E-state index is 0.163. The number of rotatable bonds is 3. The SMILES string of the molecule is CCc1nn(C)c(C(=O)Nc2c(C)cccc2F)c1N. The van der Waals surface area contributed by atoms with Crippen LogP contribution in [0.5, 0.6) is 0 Å². The Hall–Kier alpha value is -2.37. The molecule has 0 saturated heterocycles. The third kappa shape index (κ3) is 2.36. The van der Waals surface area contributed by atoms with E-state index in [0.29, 0.717) is 23.4 Å². The summed E-state index contributed by atoms with van der Waals surface area (Å²) in [7, 11) is 1.64. The third-order valence-electron chi connectivity index (χ3n) is 3.17. The molecule has 0 bridgehead atoms. The van der Waals surface area contributed by atoms with Crippen LogP contribution in [-0.2, 0) is 13.5 Å². The van der Waals surface area contributed by atoms with Crippen LogP contribution in [0.4, 0.5) is 15.8 Å². The van der Waals surface area contributed by atoms with E-state index in [4.69, 9.17) is 5.73 Å². The first-order chi connectivity index (χ1) is 9.45. The van der Waals surface area contributed by atoms with Gasteiger partial charge in [-0.05, 0) is 25.0 Å². The van der Waals surface area contributed by atoms with Crippen molar-refractivity contribution in [3.05, 3.63) is 41.0 Å². The van der Waals surface area contributed by atoms with E-state index in [1.54, 1.807) is 26.1 Å². The van der Waals surface area contributed by atoms with E-state index in [2.05, 4.69) is 10.4 Å². The van der Waals surface area contributed by atoms with Crippen molar-refractivity contribution in [1.82, 2.24) is 9.78 Å². The lowest BCUT2D eigenvalue weighted by Gasteiger charge is -2.10. The molecule has 0 aliphatic carbocycles. The van der Waals surface area contributed by atoms with Gasteiger partial charge < -0.3 is 11.1 Å². The first-order valence-corrected chi connectivity index (χ1v) is 6.33. The van der Waals surface area contributed by atoms with Crippen molar-refractivity contribution in [2.24, 2.45) is 7.05 Å². The van der Waals surface area contributed by atoms with Gasteiger partial charge in [0.15, 0.2) is 0 Å². The molecule has 106 valence electrons. The van der Waals surface area contributed by atoms with Gasteiger partial charge in [0.05, 0.1) is 17.1 Å². The molecule has 0 unspecified atom stereocenters. The number of carbonyl (C=O) groups is 1. The van der Waals surface area contributed by atoms with E-state index in [-0.39, 0.29) is 11.4 Å². The molecule has 1 aromatic heterocycles. The number of nitrogen functional groups attached to an aromatic ring is 1. The highest BCUT2D eigenvalue weighted by Crippen LogP contribution is 2.22. The molecular formula is C14H17FN4O. The van der Waals surface area contributed by atoms with Crippen molar-refractivity contribution in [3.8, 4) is 0 Å². The van der Waals surface area contributed by atoms with Crippen LogP contribution in [-0.4, -0.2) is 15.7 Å². The fourth-order valence-electron chi connectivity index (χ4n) is 2.09. The fraction of sp³-hybridized carbons (Fsp3) is 0.286. The summed E-state index contributed by atoms with van der Waals surface area (Å²) in [6, 6.07) is 4.61. The molecule has 0 radical (unpaired) electrons. The molecule has 20 heavy (non-hydrogen) atoms. The van der Waals surface area contributed by atoms with Crippen molar-refractivity contribution in [2.45, 2.75) is 20.3 Å².